The summed E-state index contributed by atoms with van der Waals surface area (Å²) >= 11 is 0. The van der Waals surface area contributed by atoms with E-state index in [0.717, 1.165) is 11.8 Å². The second-order valence-corrected chi connectivity index (χ2v) is 4.03. The van der Waals surface area contributed by atoms with E-state index >= 15 is 0 Å². The van der Waals surface area contributed by atoms with E-state index in [2.05, 4.69) is 21.4 Å². The van der Waals surface area contributed by atoms with Crippen LogP contribution in [0, 0.1) is 0 Å². The minimum absolute atomic E-state index is 0.710. The number of hydrogen-bond donors (Lipinski definition) is 0. The van der Waals surface area contributed by atoms with Crippen molar-refractivity contribution >= 4 is 20.8 Å². The molecule has 1 atom stereocenters. The lowest BCUT2D eigenvalue weighted by molar-refractivity contribution is 0.112. The van der Waals surface area contributed by atoms with Gasteiger partial charge in [-0.1, -0.05) is 48.5 Å². The molecule has 0 aliphatic rings. The van der Waals surface area contributed by atoms with Gasteiger partial charge in [0.05, 0.1) is 0 Å². The lowest BCUT2D eigenvalue weighted by Gasteiger charge is -2.02. The van der Waals surface area contributed by atoms with Gasteiger partial charge in [-0.3, -0.25) is 4.79 Å². The molecule has 2 aromatic rings. The molecular weight excluding hydrogens is 203 g/mol. The lowest BCUT2D eigenvalue weighted by Crippen LogP contribution is -1.88. The fraction of sp³-hybridized carbons (Fsp3) is 0. The van der Waals surface area contributed by atoms with E-state index in [4.69, 9.17) is 0 Å². The highest BCUT2D eigenvalue weighted by atomic mass is 31.0. The summed E-state index contributed by atoms with van der Waals surface area (Å²) in [7, 11) is 2.66. The van der Waals surface area contributed by atoms with E-state index in [9.17, 15) is 4.79 Å². The SMILES string of the molecule is O=Cc1ccc(-c2ccc(P)cc2)cc1. The van der Waals surface area contributed by atoms with Gasteiger partial charge >= 0.3 is 0 Å². The molecule has 0 radical (unpaired) electrons. The van der Waals surface area contributed by atoms with Gasteiger partial charge in [-0.05, 0) is 16.4 Å². The van der Waals surface area contributed by atoms with Crippen LogP contribution in [0.5, 0.6) is 0 Å². The molecule has 15 heavy (non-hydrogen) atoms. The highest BCUT2D eigenvalue weighted by Crippen LogP contribution is 2.18. The van der Waals surface area contributed by atoms with E-state index in [1.54, 1.807) is 0 Å². The van der Waals surface area contributed by atoms with Gasteiger partial charge in [0.15, 0.2) is 0 Å². The first-order valence-corrected chi connectivity index (χ1v) is 5.28. The molecule has 0 fully saturated rings. The molecule has 0 heterocycles. The highest BCUT2D eigenvalue weighted by Gasteiger charge is 1.96. The molecule has 0 saturated heterocycles. The molecule has 0 aliphatic heterocycles. The quantitative estimate of drug-likeness (QED) is 0.555. The lowest BCUT2D eigenvalue weighted by atomic mass is 10.0. The molecule has 74 valence electrons. The second-order valence-electron chi connectivity index (χ2n) is 3.36. The van der Waals surface area contributed by atoms with Gasteiger partial charge in [0.1, 0.15) is 6.29 Å². The first-order valence-electron chi connectivity index (χ1n) is 4.71. The van der Waals surface area contributed by atoms with Crippen molar-refractivity contribution in [3.05, 3.63) is 54.1 Å². The standard InChI is InChI=1S/C13H11OP/c14-9-10-1-3-11(4-2-10)12-5-7-13(15)8-6-12/h1-9H,15H2. The summed E-state index contributed by atoms with van der Waals surface area (Å²) < 4.78 is 0. The molecular formula is C13H11OP. The first-order chi connectivity index (χ1) is 7.29. The van der Waals surface area contributed by atoms with Gasteiger partial charge in [0.25, 0.3) is 0 Å². The fourth-order valence-electron chi connectivity index (χ4n) is 1.43. The third kappa shape index (κ3) is 2.31. The predicted octanol–water partition coefficient (Wildman–Crippen LogP) is 2.67. The van der Waals surface area contributed by atoms with Crippen molar-refractivity contribution in [1.82, 2.24) is 0 Å². The zero-order chi connectivity index (χ0) is 10.7. The van der Waals surface area contributed by atoms with Gasteiger partial charge in [-0.25, -0.2) is 0 Å². The Bertz CT molecular complexity index is 457. The third-order valence-electron chi connectivity index (χ3n) is 2.29. The van der Waals surface area contributed by atoms with Crippen LogP contribution in [0.1, 0.15) is 10.4 Å². The molecule has 0 aromatic heterocycles. The Morgan fingerprint density at radius 3 is 1.73 bits per heavy atom. The van der Waals surface area contributed by atoms with E-state index in [-0.39, 0.29) is 0 Å². The minimum atomic E-state index is 0.710. The summed E-state index contributed by atoms with van der Waals surface area (Å²) in [4.78, 5) is 10.5. The van der Waals surface area contributed by atoms with Crippen LogP contribution in [-0.4, -0.2) is 6.29 Å². The fourth-order valence-corrected chi connectivity index (χ4v) is 1.62. The van der Waals surface area contributed by atoms with Crippen molar-refractivity contribution in [2.45, 2.75) is 0 Å². The van der Waals surface area contributed by atoms with Crippen LogP contribution < -0.4 is 5.30 Å². The molecule has 0 bridgehead atoms. The van der Waals surface area contributed by atoms with Crippen molar-refractivity contribution in [1.29, 1.82) is 0 Å². The Kier molecular flexibility index (Phi) is 2.94. The molecule has 2 aromatic carbocycles. The summed E-state index contributed by atoms with van der Waals surface area (Å²) in [5.74, 6) is 0. The summed E-state index contributed by atoms with van der Waals surface area (Å²) in [5, 5.41) is 1.17. The van der Waals surface area contributed by atoms with Crippen LogP contribution in [0.15, 0.2) is 48.5 Å². The summed E-state index contributed by atoms with van der Waals surface area (Å²) in [6, 6.07) is 15.8. The van der Waals surface area contributed by atoms with Crippen LogP contribution in [0.3, 0.4) is 0 Å². The summed E-state index contributed by atoms with van der Waals surface area (Å²) in [6.45, 7) is 0. The van der Waals surface area contributed by atoms with Crippen LogP contribution in [0.2, 0.25) is 0 Å². The smallest absolute Gasteiger partial charge is 0.150 e. The zero-order valence-corrected chi connectivity index (χ0v) is 9.34. The Hall–Kier alpha value is -1.46. The van der Waals surface area contributed by atoms with Gasteiger partial charge in [-0.2, -0.15) is 0 Å². The molecule has 2 rings (SSSR count). The van der Waals surface area contributed by atoms with E-state index in [1.165, 1.54) is 10.9 Å². The molecule has 0 N–H and O–H groups in total. The van der Waals surface area contributed by atoms with Gasteiger partial charge in [0, 0.05) is 5.56 Å². The summed E-state index contributed by atoms with van der Waals surface area (Å²) in [5.41, 5.74) is 3.01. The van der Waals surface area contributed by atoms with Gasteiger partial charge in [-0.15, -0.1) is 9.24 Å². The van der Waals surface area contributed by atoms with Crippen molar-refractivity contribution in [2.75, 3.05) is 0 Å². The average Bonchev–Trinajstić information content (AvgIpc) is 2.30. The number of benzene rings is 2. The maximum absolute atomic E-state index is 10.5. The number of rotatable bonds is 2. The maximum Gasteiger partial charge on any atom is 0.150 e. The van der Waals surface area contributed by atoms with Crippen molar-refractivity contribution in [3.63, 3.8) is 0 Å². The second kappa shape index (κ2) is 4.37. The molecule has 1 unspecified atom stereocenters. The van der Waals surface area contributed by atoms with Crippen molar-refractivity contribution in [2.24, 2.45) is 0 Å². The third-order valence-corrected chi connectivity index (χ3v) is 2.68. The van der Waals surface area contributed by atoms with E-state index in [0.29, 0.717) is 5.56 Å². The van der Waals surface area contributed by atoms with E-state index in [1.807, 2.05) is 36.4 Å². The van der Waals surface area contributed by atoms with Crippen LogP contribution >= 0.6 is 9.24 Å². The number of aldehydes is 1. The predicted molar refractivity (Wildman–Crippen MR) is 66.6 cm³/mol. The molecule has 2 heteroatoms. The molecule has 0 aliphatic carbocycles. The number of carbonyl (C=O) groups excluding carboxylic acids is 1. The van der Waals surface area contributed by atoms with Crippen LogP contribution in [0.4, 0.5) is 0 Å². The highest BCUT2D eigenvalue weighted by molar-refractivity contribution is 7.27. The van der Waals surface area contributed by atoms with Crippen LogP contribution in [-0.2, 0) is 0 Å². The average molecular weight is 214 g/mol. The largest absolute Gasteiger partial charge is 0.298 e. The topological polar surface area (TPSA) is 17.1 Å². The number of hydrogen-bond acceptors (Lipinski definition) is 1. The minimum Gasteiger partial charge on any atom is -0.298 e. The van der Waals surface area contributed by atoms with Crippen molar-refractivity contribution < 1.29 is 4.79 Å². The Balaban J connectivity index is 2.37. The molecule has 0 saturated carbocycles. The monoisotopic (exact) mass is 214 g/mol. The molecule has 0 spiro atoms. The summed E-state index contributed by atoms with van der Waals surface area (Å²) in [6.07, 6.45) is 0.857. The molecule has 1 nitrogen and oxygen atoms in total. The zero-order valence-electron chi connectivity index (χ0n) is 8.18. The Morgan fingerprint density at radius 2 is 1.27 bits per heavy atom. The van der Waals surface area contributed by atoms with Crippen LogP contribution in [0.25, 0.3) is 11.1 Å². The Labute approximate surface area is 91.3 Å². The normalized spacial score (nSPS) is 9.93. The Morgan fingerprint density at radius 1 is 0.800 bits per heavy atom. The van der Waals surface area contributed by atoms with E-state index < -0.39 is 0 Å². The maximum atomic E-state index is 10.5. The van der Waals surface area contributed by atoms with Crippen molar-refractivity contribution in [3.8, 4) is 11.1 Å². The molecule has 0 amide bonds. The number of carbonyl (C=O) groups is 1. The van der Waals surface area contributed by atoms with Gasteiger partial charge < -0.3 is 0 Å². The first kappa shape index (κ1) is 10.1. The van der Waals surface area contributed by atoms with Gasteiger partial charge in [0.2, 0.25) is 0 Å².